The molecule has 4 nitrogen and oxygen atoms in total. The van der Waals surface area contributed by atoms with Crippen LogP contribution in [0.2, 0.25) is 0 Å². The smallest absolute Gasteiger partial charge is 0.232 e. The molecular weight excluding hydrogens is 176 g/mol. The summed E-state index contributed by atoms with van der Waals surface area (Å²) >= 11 is 0. The zero-order valence-electron chi connectivity index (χ0n) is 7.45. The molecule has 3 unspecified atom stereocenters. The highest BCUT2D eigenvalue weighted by atomic mass is 32.2. The number of carbonyl (C=O) groups excluding carboxylic acids is 1. The first-order valence-corrected chi connectivity index (χ1v) is 5.17. The summed E-state index contributed by atoms with van der Waals surface area (Å²) in [5.41, 5.74) is 10.3. The minimum absolute atomic E-state index is 0.0579. The molecular formula is C7H16N2O2S. The Balaban J connectivity index is 4.09. The first-order valence-electron chi connectivity index (χ1n) is 3.89. The van der Waals surface area contributed by atoms with E-state index in [-0.39, 0.29) is 5.25 Å². The number of nitrogens with two attached hydrogens (primary N) is 2. The summed E-state index contributed by atoms with van der Waals surface area (Å²) in [6.07, 6.45) is 0.657. The Bertz CT molecular complexity index is 184. The number of rotatable bonds is 5. The lowest BCUT2D eigenvalue weighted by Crippen LogP contribution is -2.34. The summed E-state index contributed by atoms with van der Waals surface area (Å²) < 4.78 is 11.4. The third kappa shape index (κ3) is 3.32. The maximum atomic E-state index is 11.4. The lowest BCUT2D eigenvalue weighted by atomic mass is 10.3. The van der Waals surface area contributed by atoms with Crippen molar-refractivity contribution in [1.82, 2.24) is 0 Å². The van der Waals surface area contributed by atoms with E-state index in [2.05, 4.69) is 0 Å². The molecule has 0 saturated heterocycles. The summed E-state index contributed by atoms with van der Waals surface area (Å²) in [5, 5.41) is -0.635. The Kier molecular flexibility index (Phi) is 5.08. The minimum Gasteiger partial charge on any atom is -0.369 e. The number of hydrogen-bond donors (Lipinski definition) is 2. The third-order valence-electron chi connectivity index (χ3n) is 1.72. The summed E-state index contributed by atoms with van der Waals surface area (Å²) in [7, 11) is -1.19. The molecule has 0 aromatic carbocycles. The van der Waals surface area contributed by atoms with Crippen LogP contribution in [0.4, 0.5) is 0 Å². The molecule has 4 N–H and O–H groups in total. The van der Waals surface area contributed by atoms with Crippen LogP contribution < -0.4 is 11.5 Å². The van der Waals surface area contributed by atoms with Crippen molar-refractivity contribution < 1.29 is 9.00 Å². The van der Waals surface area contributed by atoms with Gasteiger partial charge in [0.15, 0.2) is 0 Å². The molecule has 5 heteroatoms. The molecule has 0 rings (SSSR count). The molecule has 0 aliphatic heterocycles. The van der Waals surface area contributed by atoms with Crippen molar-refractivity contribution in [3.8, 4) is 0 Å². The minimum atomic E-state index is -1.19. The summed E-state index contributed by atoms with van der Waals surface area (Å²) in [6, 6.07) is 0. The first-order chi connectivity index (χ1) is 5.50. The Labute approximate surface area is 75.1 Å². The van der Waals surface area contributed by atoms with Crippen LogP contribution in [-0.4, -0.2) is 27.2 Å². The van der Waals surface area contributed by atoms with E-state index in [1.807, 2.05) is 6.92 Å². The molecule has 0 aliphatic carbocycles. The second-order valence-corrected chi connectivity index (χ2v) is 4.93. The molecule has 72 valence electrons. The molecule has 0 aromatic rings. The van der Waals surface area contributed by atoms with Crippen molar-refractivity contribution >= 4 is 16.7 Å². The number of hydrogen-bond acceptors (Lipinski definition) is 3. The van der Waals surface area contributed by atoms with Gasteiger partial charge in [-0.05, 0) is 19.9 Å². The van der Waals surface area contributed by atoms with Crippen molar-refractivity contribution in [3.05, 3.63) is 0 Å². The van der Waals surface area contributed by atoms with Gasteiger partial charge in [0.05, 0.1) is 0 Å². The molecule has 0 bridgehead atoms. The largest absolute Gasteiger partial charge is 0.369 e. The van der Waals surface area contributed by atoms with Crippen molar-refractivity contribution in [3.63, 3.8) is 0 Å². The number of carbonyl (C=O) groups is 1. The van der Waals surface area contributed by atoms with E-state index in [0.717, 1.165) is 0 Å². The molecule has 0 radical (unpaired) electrons. The zero-order valence-corrected chi connectivity index (χ0v) is 8.26. The van der Waals surface area contributed by atoms with Gasteiger partial charge >= 0.3 is 0 Å². The van der Waals surface area contributed by atoms with Gasteiger partial charge in [-0.15, -0.1) is 0 Å². The standard InChI is InChI=1S/C7H16N2O2S/c1-5(3-4-8)12(11)6(2)7(9)10/h5-6H,3-4,8H2,1-2H3,(H2,9,10). The van der Waals surface area contributed by atoms with E-state index in [0.29, 0.717) is 13.0 Å². The van der Waals surface area contributed by atoms with Gasteiger partial charge in [0, 0.05) is 16.0 Å². The van der Waals surface area contributed by atoms with E-state index >= 15 is 0 Å². The SMILES string of the molecule is CC(CCN)S(=O)C(C)C(N)=O. The highest BCUT2D eigenvalue weighted by Gasteiger charge is 2.21. The molecule has 3 atom stereocenters. The molecule has 0 aliphatic rings. The summed E-state index contributed by atoms with van der Waals surface area (Å²) in [6.45, 7) is 3.87. The number of primary amides is 1. The van der Waals surface area contributed by atoms with Crippen LogP contribution in [0.25, 0.3) is 0 Å². The van der Waals surface area contributed by atoms with E-state index in [1.165, 1.54) is 0 Å². The van der Waals surface area contributed by atoms with Crippen LogP contribution in [0.15, 0.2) is 0 Å². The predicted molar refractivity (Wildman–Crippen MR) is 49.9 cm³/mol. The van der Waals surface area contributed by atoms with E-state index < -0.39 is 22.0 Å². The average molecular weight is 192 g/mol. The maximum absolute atomic E-state index is 11.4. The lowest BCUT2D eigenvalue weighted by Gasteiger charge is -2.13. The van der Waals surface area contributed by atoms with Crippen molar-refractivity contribution in [1.29, 1.82) is 0 Å². The van der Waals surface area contributed by atoms with Crippen LogP contribution in [0.3, 0.4) is 0 Å². The van der Waals surface area contributed by atoms with Gasteiger partial charge in [-0.2, -0.15) is 0 Å². The van der Waals surface area contributed by atoms with Gasteiger partial charge in [0.25, 0.3) is 0 Å². The Morgan fingerprint density at radius 1 is 1.50 bits per heavy atom. The quantitative estimate of drug-likeness (QED) is 0.606. The van der Waals surface area contributed by atoms with Gasteiger partial charge in [-0.1, -0.05) is 6.92 Å². The topological polar surface area (TPSA) is 86.2 Å². The van der Waals surface area contributed by atoms with Gasteiger partial charge < -0.3 is 11.5 Å². The van der Waals surface area contributed by atoms with Crippen LogP contribution in [-0.2, 0) is 15.6 Å². The highest BCUT2D eigenvalue weighted by molar-refractivity contribution is 7.87. The molecule has 0 spiro atoms. The fraction of sp³-hybridized carbons (Fsp3) is 0.857. The fourth-order valence-electron chi connectivity index (χ4n) is 0.814. The number of amides is 1. The molecule has 12 heavy (non-hydrogen) atoms. The van der Waals surface area contributed by atoms with Crippen LogP contribution in [0.5, 0.6) is 0 Å². The van der Waals surface area contributed by atoms with E-state index in [9.17, 15) is 9.00 Å². The molecule has 0 fully saturated rings. The summed E-state index contributed by atoms with van der Waals surface area (Å²) in [5.74, 6) is -0.516. The van der Waals surface area contributed by atoms with Crippen molar-refractivity contribution in [2.75, 3.05) is 6.54 Å². The van der Waals surface area contributed by atoms with Gasteiger partial charge in [-0.3, -0.25) is 9.00 Å². The predicted octanol–water partition coefficient (Wildman–Crippen LogP) is -0.654. The molecule has 1 amide bonds. The molecule has 0 aromatic heterocycles. The van der Waals surface area contributed by atoms with E-state index in [1.54, 1.807) is 6.92 Å². The van der Waals surface area contributed by atoms with E-state index in [4.69, 9.17) is 11.5 Å². The normalized spacial score (nSPS) is 18.2. The first kappa shape index (κ1) is 11.6. The van der Waals surface area contributed by atoms with Gasteiger partial charge in [0.2, 0.25) is 5.91 Å². The molecule has 0 saturated carbocycles. The maximum Gasteiger partial charge on any atom is 0.232 e. The lowest BCUT2D eigenvalue weighted by molar-refractivity contribution is -0.117. The van der Waals surface area contributed by atoms with Gasteiger partial charge in [0.1, 0.15) is 5.25 Å². The Hall–Kier alpha value is -0.420. The van der Waals surface area contributed by atoms with Crippen LogP contribution in [0.1, 0.15) is 20.3 Å². The van der Waals surface area contributed by atoms with Crippen LogP contribution >= 0.6 is 0 Å². The second kappa shape index (κ2) is 5.27. The molecule has 0 heterocycles. The second-order valence-electron chi connectivity index (χ2n) is 2.76. The average Bonchev–Trinajstić information content (AvgIpc) is 2.02. The van der Waals surface area contributed by atoms with Crippen molar-refractivity contribution in [2.45, 2.75) is 30.8 Å². The Morgan fingerprint density at radius 2 is 2.00 bits per heavy atom. The Morgan fingerprint density at radius 3 is 2.33 bits per heavy atom. The third-order valence-corrected chi connectivity index (χ3v) is 3.68. The van der Waals surface area contributed by atoms with Crippen molar-refractivity contribution in [2.24, 2.45) is 11.5 Å². The highest BCUT2D eigenvalue weighted by Crippen LogP contribution is 2.06. The van der Waals surface area contributed by atoms with Crippen LogP contribution in [0, 0.1) is 0 Å². The monoisotopic (exact) mass is 192 g/mol. The summed E-state index contributed by atoms with van der Waals surface area (Å²) in [4.78, 5) is 10.6. The van der Waals surface area contributed by atoms with Gasteiger partial charge in [-0.25, -0.2) is 0 Å². The zero-order chi connectivity index (χ0) is 9.72. The fourth-order valence-corrected chi connectivity index (χ4v) is 2.11.